The third-order valence-corrected chi connectivity index (χ3v) is 3.51. The molecule has 0 bridgehead atoms. The van der Waals surface area contributed by atoms with Crippen molar-refractivity contribution in [2.75, 3.05) is 0 Å². The second-order valence-corrected chi connectivity index (χ2v) is 3.90. The van der Waals surface area contributed by atoms with Crippen LogP contribution in [0.4, 0.5) is 0 Å². The summed E-state index contributed by atoms with van der Waals surface area (Å²) in [7, 11) is 0. The lowest BCUT2D eigenvalue weighted by Gasteiger charge is -2.18. The van der Waals surface area contributed by atoms with Crippen molar-refractivity contribution in [3.05, 3.63) is 23.8 Å². The first-order chi connectivity index (χ1) is 4.92. The van der Waals surface area contributed by atoms with Gasteiger partial charge in [0.25, 0.3) is 0 Å². The topological polar surface area (TPSA) is 0 Å². The maximum atomic E-state index is 2.48. The zero-order chi connectivity index (χ0) is 6.60. The molecule has 0 radical (unpaired) electrons. The fourth-order valence-electron chi connectivity index (χ4n) is 2.74. The Labute approximate surface area is 61.6 Å². The molecule has 3 rings (SSSR count). The molecule has 0 heterocycles. The summed E-state index contributed by atoms with van der Waals surface area (Å²) < 4.78 is 0. The monoisotopic (exact) mass is 132 g/mol. The summed E-state index contributed by atoms with van der Waals surface area (Å²) in [6, 6.07) is 0. The van der Waals surface area contributed by atoms with E-state index < -0.39 is 0 Å². The molecular formula is C10H12. The van der Waals surface area contributed by atoms with Crippen molar-refractivity contribution in [2.45, 2.75) is 25.7 Å². The predicted octanol–water partition coefficient (Wildman–Crippen LogP) is 2.67. The largest absolute Gasteiger partial charge is 0.0873 e. The smallest absolute Gasteiger partial charge is 0.00160 e. The highest BCUT2D eigenvalue weighted by molar-refractivity contribution is 5.37. The van der Waals surface area contributed by atoms with Gasteiger partial charge in [-0.1, -0.05) is 23.8 Å². The Morgan fingerprint density at radius 2 is 2.40 bits per heavy atom. The van der Waals surface area contributed by atoms with E-state index in [4.69, 9.17) is 0 Å². The van der Waals surface area contributed by atoms with Gasteiger partial charge in [0.05, 0.1) is 0 Å². The molecule has 1 saturated carbocycles. The molecule has 3 aliphatic carbocycles. The van der Waals surface area contributed by atoms with Crippen molar-refractivity contribution in [2.24, 2.45) is 11.3 Å². The molecule has 0 amide bonds. The van der Waals surface area contributed by atoms with Crippen molar-refractivity contribution in [1.82, 2.24) is 0 Å². The molecule has 2 unspecified atom stereocenters. The van der Waals surface area contributed by atoms with Gasteiger partial charge in [-0.2, -0.15) is 0 Å². The average Bonchev–Trinajstić information content (AvgIpc) is 2.55. The quantitative estimate of drug-likeness (QED) is 0.444. The molecule has 1 fully saturated rings. The van der Waals surface area contributed by atoms with E-state index in [9.17, 15) is 0 Å². The van der Waals surface area contributed by atoms with Crippen molar-refractivity contribution in [3.63, 3.8) is 0 Å². The van der Waals surface area contributed by atoms with E-state index in [1.807, 2.05) is 0 Å². The Morgan fingerprint density at radius 1 is 1.40 bits per heavy atom. The Balaban J connectivity index is 2.08. The average molecular weight is 132 g/mol. The van der Waals surface area contributed by atoms with Crippen molar-refractivity contribution in [1.29, 1.82) is 0 Å². The van der Waals surface area contributed by atoms with Gasteiger partial charge < -0.3 is 0 Å². The molecule has 3 aliphatic rings. The van der Waals surface area contributed by atoms with E-state index in [2.05, 4.69) is 18.2 Å². The summed E-state index contributed by atoms with van der Waals surface area (Å²) in [4.78, 5) is 0. The first-order valence-electron chi connectivity index (χ1n) is 4.26. The Kier molecular flexibility index (Phi) is 0.719. The lowest BCUT2D eigenvalue weighted by molar-refractivity contribution is 0.554. The van der Waals surface area contributed by atoms with Crippen molar-refractivity contribution < 1.29 is 0 Å². The van der Waals surface area contributed by atoms with Crippen LogP contribution in [0.5, 0.6) is 0 Å². The van der Waals surface area contributed by atoms with Gasteiger partial charge in [0, 0.05) is 0 Å². The molecule has 52 valence electrons. The van der Waals surface area contributed by atoms with Gasteiger partial charge in [0.2, 0.25) is 0 Å². The van der Waals surface area contributed by atoms with E-state index in [-0.39, 0.29) is 0 Å². The Bertz CT molecular complexity index is 234. The summed E-state index contributed by atoms with van der Waals surface area (Å²) in [5, 5.41) is 0. The van der Waals surface area contributed by atoms with E-state index in [1.54, 1.807) is 5.57 Å². The molecule has 0 aromatic heterocycles. The molecule has 0 N–H and O–H groups in total. The fraction of sp³-hybridized carbons (Fsp3) is 0.600. The minimum Gasteiger partial charge on any atom is -0.0873 e. The summed E-state index contributed by atoms with van der Waals surface area (Å²) in [5.41, 5.74) is 2.49. The summed E-state index contributed by atoms with van der Waals surface area (Å²) in [6.07, 6.45) is 12.7. The van der Waals surface area contributed by atoms with Crippen LogP contribution < -0.4 is 0 Å². The molecule has 2 atom stereocenters. The second kappa shape index (κ2) is 1.39. The molecular weight excluding hydrogens is 120 g/mol. The normalized spacial score (nSPS) is 48.0. The van der Waals surface area contributed by atoms with Crippen molar-refractivity contribution in [3.8, 4) is 0 Å². The third-order valence-electron chi connectivity index (χ3n) is 3.51. The van der Waals surface area contributed by atoms with Gasteiger partial charge in [0.15, 0.2) is 0 Å². The Hall–Kier alpha value is -0.520. The minimum absolute atomic E-state index is 0.731. The molecule has 0 saturated heterocycles. The standard InChI is InChI=1S/C10H12/c1-2-6-10-7-9(10)5-4-8(10)3-1/h1-2,4,9H,3,5-7H2. The molecule has 1 spiro atoms. The lowest BCUT2D eigenvalue weighted by Crippen LogP contribution is -2.05. The van der Waals surface area contributed by atoms with Crippen LogP contribution in [0.2, 0.25) is 0 Å². The first kappa shape index (κ1) is 5.17. The zero-order valence-corrected chi connectivity index (χ0v) is 6.14. The van der Waals surface area contributed by atoms with Gasteiger partial charge in [-0.05, 0) is 37.0 Å². The van der Waals surface area contributed by atoms with E-state index in [0.29, 0.717) is 0 Å². The van der Waals surface area contributed by atoms with Crippen LogP contribution in [0.25, 0.3) is 0 Å². The zero-order valence-electron chi connectivity index (χ0n) is 6.14. The molecule has 0 aromatic carbocycles. The van der Waals surface area contributed by atoms with Crippen LogP contribution in [0.3, 0.4) is 0 Å². The number of rotatable bonds is 0. The maximum absolute atomic E-state index is 2.48. The lowest BCUT2D eigenvalue weighted by atomic mass is 9.87. The van der Waals surface area contributed by atoms with Gasteiger partial charge in [-0.15, -0.1) is 0 Å². The number of hydrogen-bond acceptors (Lipinski definition) is 0. The van der Waals surface area contributed by atoms with Crippen LogP contribution in [0.1, 0.15) is 25.7 Å². The second-order valence-electron chi connectivity index (χ2n) is 3.90. The van der Waals surface area contributed by atoms with Crippen LogP contribution in [0, 0.1) is 11.3 Å². The van der Waals surface area contributed by atoms with Gasteiger partial charge >= 0.3 is 0 Å². The molecule has 10 heavy (non-hydrogen) atoms. The molecule has 0 heteroatoms. The van der Waals surface area contributed by atoms with Gasteiger partial charge in [-0.25, -0.2) is 0 Å². The van der Waals surface area contributed by atoms with Crippen LogP contribution in [-0.4, -0.2) is 0 Å². The highest BCUT2D eigenvalue weighted by Crippen LogP contribution is 2.67. The summed E-state index contributed by atoms with van der Waals surface area (Å²) in [6.45, 7) is 0. The van der Waals surface area contributed by atoms with Gasteiger partial charge in [0.1, 0.15) is 0 Å². The third kappa shape index (κ3) is 0.416. The van der Waals surface area contributed by atoms with Crippen LogP contribution >= 0.6 is 0 Å². The predicted molar refractivity (Wildman–Crippen MR) is 41.6 cm³/mol. The highest BCUT2D eigenvalue weighted by Gasteiger charge is 2.57. The minimum atomic E-state index is 0.731. The van der Waals surface area contributed by atoms with Gasteiger partial charge in [-0.3, -0.25) is 0 Å². The van der Waals surface area contributed by atoms with Crippen molar-refractivity contribution >= 4 is 0 Å². The van der Waals surface area contributed by atoms with Crippen LogP contribution in [0.15, 0.2) is 23.8 Å². The maximum Gasteiger partial charge on any atom is -0.00160 e. The summed E-state index contributed by atoms with van der Waals surface area (Å²) in [5.74, 6) is 1.06. The molecule has 0 nitrogen and oxygen atoms in total. The van der Waals surface area contributed by atoms with E-state index in [0.717, 1.165) is 11.3 Å². The van der Waals surface area contributed by atoms with E-state index >= 15 is 0 Å². The van der Waals surface area contributed by atoms with E-state index in [1.165, 1.54) is 25.7 Å². The SMILES string of the molecule is C1=CCC23CC2CC=C3C1. The Morgan fingerprint density at radius 3 is 3.20 bits per heavy atom. The molecule has 0 aliphatic heterocycles. The number of allylic oxidation sites excluding steroid dienone is 4. The summed E-state index contributed by atoms with van der Waals surface area (Å²) >= 11 is 0. The fourth-order valence-corrected chi connectivity index (χ4v) is 2.74. The molecule has 0 aromatic rings. The first-order valence-corrected chi connectivity index (χ1v) is 4.26. The van der Waals surface area contributed by atoms with Crippen LogP contribution in [-0.2, 0) is 0 Å². The number of hydrogen-bond donors (Lipinski definition) is 0. The highest BCUT2D eigenvalue weighted by atomic mass is 14.6.